The third kappa shape index (κ3) is 47.1. The maximum absolute atomic E-state index is 12.7. The summed E-state index contributed by atoms with van der Waals surface area (Å²) in [5.41, 5.74) is 0. The Morgan fingerprint density at radius 1 is 0.516 bits per heavy atom. The quantitative estimate of drug-likeness (QED) is 0.0236. The van der Waals surface area contributed by atoms with Gasteiger partial charge in [0.2, 0.25) is 0 Å². The van der Waals surface area contributed by atoms with Crippen LogP contribution in [0.2, 0.25) is 0 Å². The van der Waals surface area contributed by atoms with Crippen molar-refractivity contribution in [3.8, 4) is 0 Å². The lowest BCUT2D eigenvalue weighted by Gasteiger charge is -2.20. The molecule has 0 fully saturated rings. The topological polar surface area (TPSA) is 132 Å². The van der Waals surface area contributed by atoms with E-state index in [4.69, 9.17) is 23.6 Å². The molecule has 3 N–H and O–H groups in total. The molecule has 0 heterocycles. The van der Waals surface area contributed by atoms with Crippen LogP contribution in [0.25, 0.3) is 0 Å². The predicted molar refractivity (Wildman–Crippen MR) is 260 cm³/mol. The van der Waals surface area contributed by atoms with Crippen LogP contribution in [0.1, 0.15) is 194 Å². The molecular weight excluding hydrogens is 800 g/mol. The van der Waals surface area contributed by atoms with Gasteiger partial charge in [0.1, 0.15) is 12.2 Å². The summed E-state index contributed by atoms with van der Waals surface area (Å²) in [5, 5.41) is 18.4. The first-order valence-corrected chi connectivity index (χ1v) is 26.1. The lowest BCUT2D eigenvalue weighted by Crippen LogP contribution is -2.29. The van der Waals surface area contributed by atoms with E-state index in [1.54, 1.807) is 0 Å². The molecule has 0 amide bonds. The molecule has 0 aliphatic carbocycles. The Hall–Kier alpha value is -2.36. The largest absolute Gasteiger partial charge is 0.472 e. The smallest absolute Gasteiger partial charge is 0.457 e. The van der Waals surface area contributed by atoms with Crippen LogP contribution in [0.5, 0.6) is 0 Å². The maximum Gasteiger partial charge on any atom is 0.472 e. The van der Waals surface area contributed by atoms with Crippen molar-refractivity contribution in [2.75, 3.05) is 33.0 Å². The number of hydrogen-bond donors (Lipinski definition) is 3. The lowest BCUT2D eigenvalue weighted by atomic mass is 10.1. The molecule has 0 bridgehead atoms. The molecule has 0 aliphatic rings. The molecule has 0 saturated carbocycles. The lowest BCUT2D eigenvalue weighted by molar-refractivity contribution is -0.154. The zero-order valence-corrected chi connectivity index (χ0v) is 40.2. The van der Waals surface area contributed by atoms with E-state index in [1.807, 2.05) is 0 Å². The van der Waals surface area contributed by atoms with Gasteiger partial charge in [-0.1, -0.05) is 182 Å². The number of unbranched alkanes of at least 4 members (excludes halogenated alkanes) is 18. The second kappa shape index (κ2) is 48.1. The second-order valence-electron chi connectivity index (χ2n) is 16.1. The second-order valence-corrected chi connectivity index (χ2v) is 17.5. The first-order chi connectivity index (χ1) is 30.3. The summed E-state index contributed by atoms with van der Waals surface area (Å²) in [6, 6.07) is 0. The predicted octanol–water partition coefficient (Wildman–Crippen LogP) is 14.3. The van der Waals surface area contributed by atoms with Crippen molar-refractivity contribution < 1.29 is 43.0 Å². The van der Waals surface area contributed by atoms with E-state index in [-0.39, 0.29) is 19.6 Å². The van der Waals surface area contributed by atoms with Gasteiger partial charge < -0.3 is 24.6 Å². The molecule has 0 aromatic carbocycles. The molecule has 10 heteroatoms. The van der Waals surface area contributed by atoms with Crippen LogP contribution >= 0.6 is 7.82 Å². The Labute approximate surface area is 379 Å². The van der Waals surface area contributed by atoms with Gasteiger partial charge >= 0.3 is 13.8 Å². The number of aliphatic hydroxyl groups is 2. The summed E-state index contributed by atoms with van der Waals surface area (Å²) in [6.45, 7) is 3.34. The molecule has 0 spiro atoms. The van der Waals surface area contributed by atoms with Gasteiger partial charge in [0.05, 0.1) is 26.4 Å². The zero-order valence-electron chi connectivity index (χ0n) is 39.3. The monoisotopic (exact) mass is 891 g/mol. The fourth-order valence-corrected chi connectivity index (χ4v) is 7.14. The number of ether oxygens (including phenoxy) is 2. The first-order valence-electron chi connectivity index (χ1n) is 24.6. The van der Waals surface area contributed by atoms with Crippen LogP contribution in [0.3, 0.4) is 0 Å². The number of phosphoric ester groups is 1. The van der Waals surface area contributed by atoms with Gasteiger partial charge in [-0.05, 0) is 89.9 Å². The summed E-state index contributed by atoms with van der Waals surface area (Å²) in [7, 11) is -4.53. The minimum Gasteiger partial charge on any atom is -0.457 e. The summed E-state index contributed by atoms with van der Waals surface area (Å²) in [4.78, 5) is 22.7. The van der Waals surface area contributed by atoms with Crippen molar-refractivity contribution in [2.45, 2.75) is 206 Å². The normalized spacial score (nSPS) is 14.6. The molecule has 358 valence electrons. The van der Waals surface area contributed by atoms with Crippen molar-refractivity contribution in [2.24, 2.45) is 0 Å². The standard InChI is InChI=1S/C52H91O9P/c1-3-5-7-9-11-13-15-17-19-21-23-24-25-27-29-31-33-35-37-39-41-43-45-58-48-51(49-60-62(56,57)59-47-50(54)46-53)61-52(55)44-42-40-38-36-34-32-30-28-26-22-20-18-16-14-12-10-8-6-4-2/h5,7,11-14,17-20,23-24,27,29,50-51,53-54H,3-4,6,8-10,15-16,21-22,25-26,28,30-49H2,1-2H3,(H,56,57)/b7-5-,13-11-,14-12-,19-17-,20-18-,24-23-,29-27-. The third-order valence-electron chi connectivity index (χ3n) is 10.1. The highest BCUT2D eigenvalue weighted by molar-refractivity contribution is 7.47. The van der Waals surface area contributed by atoms with Crippen LogP contribution in [-0.4, -0.2) is 66.3 Å². The van der Waals surface area contributed by atoms with Crippen molar-refractivity contribution >= 4 is 13.8 Å². The van der Waals surface area contributed by atoms with Crippen molar-refractivity contribution in [3.63, 3.8) is 0 Å². The van der Waals surface area contributed by atoms with Gasteiger partial charge in [0.25, 0.3) is 0 Å². The van der Waals surface area contributed by atoms with Gasteiger partial charge in [0, 0.05) is 13.0 Å². The van der Waals surface area contributed by atoms with E-state index < -0.39 is 39.2 Å². The SMILES string of the molecule is CC/C=C\C/C=C\C/C=C\C/C=C\C/C=C\CCCCCCCCOCC(COP(=O)(O)OCC(O)CO)OC(=O)CCCCCCCCCCC/C=C\C/C=C\CCCCC. The average molecular weight is 891 g/mol. The molecule has 9 nitrogen and oxygen atoms in total. The first kappa shape index (κ1) is 59.6. The summed E-state index contributed by atoms with van der Waals surface area (Å²) in [5.74, 6) is -0.395. The van der Waals surface area contributed by atoms with E-state index >= 15 is 0 Å². The van der Waals surface area contributed by atoms with E-state index in [2.05, 4.69) is 98.9 Å². The average Bonchev–Trinajstić information content (AvgIpc) is 3.26. The molecule has 0 radical (unpaired) electrons. The van der Waals surface area contributed by atoms with E-state index in [1.165, 1.54) is 77.0 Å². The van der Waals surface area contributed by atoms with Gasteiger partial charge in [0.15, 0.2) is 0 Å². The highest BCUT2D eigenvalue weighted by Crippen LogP contribution is 2.43. The molecule has 3 unspecified atom stereocenters. The Kier molecular flexibility index (Phi) is 46.3. The van der Waals surface area contributed by atoms with Crippen molar-refractivity contribution in [3.05, 3.63) is 85.1 Å². The maximum atomic E-state index is 12.7. The third-order valence-corrected chi connectivity index (χ3v) is 11.0. The van der Waals surface area contributed by atoms with Gasteiger partial charge in [-0.2, -0.15) is 0 Å². The Morgan fingerprint density at radius 3 is 1.39 bits per heavy atom. The van der Waals surface area contributed by atoms with E-state index in [0.29, 0.717) is 6.61 Å². The fraction of sp³-hybridized carbons (Fsp3) is 0.712. The minimum absolute atomic E-state index is 0.0328. The van der Waals surface area contributed by atoms with Crippen LogP contribution in [0.15, 0.2) is 85.1 Å². The molecule has 0 aromatic heterocycles. The van der Waals surface area contributed by atoms with Gasteiger partial charge in [-0.3, -0.25) is 13.8 Å². The number of rotatable bonds is 46. The summed E-state index contributed by atoms with van der Waals surface area (Å²) < 4.78 is 33.5. The summed E-state index contributed by atoms with van der Waals surface area (Å²) >= 11 is 0. The number of hydrogen-bond acceptors (Lipinski definition) is 8. The van der Waals surface area contributed by atoms with Crippen LogP contribution in [-0.2, 0) is 27.9 Å². The van der Waals surface area contributed by atoms with E-state index in [9.17, 15) is 19.4 Å². The van der Waals surface area contributed by atoms with E-state index in [0.717, 1.165) is 96.3 Å². The van der Waals surface area contributed by atoms with Gasteiger partial charge in [-0.15, -0.1) is 0 Å². The number of esters is 1. The summed E-state index contributed by atoms with van der Waals surface area (Å²) in [6.07, 6.45) is 59.7. The highest BCUT2D eigenvalue weighted by Gasteiger charge is 2.26. The minimum atomic E-state index is -4.53. The van der Waals surface area contributed by atoms with Crippen molar-refractivity contribution in [1.29, 1.82) is 0 Å². The highest BCUT2D eigenvalue weighted by atomic mass is 31.2. The Balaban J connectivity index is 4.16. The zero-order chi connectivity index (χ0) is 45.3. The fourth-order valence-electron chi connectivity index (χ4n) is 6.35. The molecule has 0 aromatic rings. The number of allylic oxidation sites excluding steroid dienone is 14. The number of carbonyl (C=O) groups excluding carboxylic acids is 1. The van der Waals surface area contributed by atoms with Crippen molar-refractivity contribution in [1.82, 2.24) is 0 Å². The Morgan fingerprint density at radius 2 is 0.919 bits per heavy atom. The molecule has 0 rings (SSSR count). The molecular formula is C52H91O9P. The Bertz CT molecular complexity index is 1240. The molecule has 62 heavy (non-hydrogen) atoms. The molecule has 0 aliphatic heterocycles. The van der Waals surface area contributed by atoms with Crippen LogP contribution < -0.4 is 0 Å². The number of aliphatic hydroxyl groups excluding tert-OH is 2. The van der Waals surface area contributed by atoms with Gasteiger partial charge in [-0.25, -0.2) is 4.57 Å². The number of carbonyl (C=O) groups is 1. The molecule has 3 atom stereocenters. The number of phosphoric acid groups is 1. The van der Waals surface area contributed by atoms with Crippen LogP contribution in [0.4, 0.5) is 0 Å². The molecule has 0 saturated heterocycles. The van der Waals surface area contributed by atoms with Crippen LogP contribution in [0, 0.1) is 0 Å².